The molecule has 138 valence electrons. The maximum atomic E-state index is 12.4. The summed E-state index contributed by atoms with van der Waals surface area (Å²) < 4.78 is 0.927. The minimum absolute atomic E-state index is 0.0343. The summed E-state index contributed by atoms with van der Waals surface area (Å²) in [5, 5.41) is 18.7. The summed E-state index contributed by atoms with van der Waals surface area (Å²) in [6.45, 7) is 1.92. The zero-order valence-electron chi connectivity index (χ0n) is 14.7. The molecule has 3 fully saturated rings. The lowest BCUT2D eigenvalue weighted by atomic mass is 10.1. The summed E-state index contributed by atoms with van der Waals surface area (Å²) in [6, 6.07) is 4.34. The van der Waals surface area contributed by atoms with E-state index in [1.165, 1.54) is 0 Å². The fourth-order valence-electron chi connectivity index (χ4n) is 3.90. The number of nitrogens with zero attached hydrogens (tertiary/aromatic N) is 4. The maximum absolute atomic E-state index is 12.4. The van der Waals surface area contributed by atoms with Crippen LogP contribution in [0.3, 0.4) is 0 Å². The van der Waals surface area contributed by atoms with Gasteiger partial charge < -0.3 is 14.9 Å². The standard InChI is InChI=1S/C19H23BrN4O2/c20-15-9-14(10-21)19(22-18(15)13-3-4-13)23-6-7-24(17(26)5-8-25)16(11-23)12-1-2-12/h9,12-13,16,25H,1-8,11H2/t16-/m0/s1. The van der Waals surface area contributed by atoms with E-state index in [2.05, 4.69) is 26.9 Å². The molecule has 4 rings (SSSR count). The van der Waals surface area contributed by atoms with Gasteiger partial charge in [0.05, 0.1) is 23.9 Å². The van der Waals surface area contributed by atoms with Crippen molar-refractivity contribution in [2.45, 2.75) is 44.1 Å². The van der Waals surface area contributed by atoms with Gasteiger partial charge in [-0.2, -0.15) is 5.26 Å². The SMILES string of the molecule is N#Cc1cc(Br)c(C2CC2)nc1N1CCN(C(=O)CCO)[C@H](C2CC2)C1. The summed E-state index contributed by atoms with van der Waals surface area (Å²) in [4.78, 5) is 21.4. The third-order valence-electron chi connectivity index (χ3n) is 5.60. The predicted molar refractivity (Wildman–Crippen MR) is 101 cm³/mol. The van der Waals surface area contributed by atoms with Crippen LogP contribution in [0.15, 0.2) is 10.5 Å². The molecule has 1 N–H and O–H groups in total. The number of carbonyl (C=O) groups is 1. The van der Waals surface area contributed by atoms with E-state index < -0.39 is 0 Å². The van der Waals surface area contributed by atoms with E-state index in [9.17, 15) is 10.1 Å². The molecule has 6 nitrogen and oxygen atoms in total. The van der Waals surface area contributed by atoms with Crippen LogP contribution >= 0.6 is 15.9 Å². The van der Waals surface area contributed by atoms with Gasteiger partial charge in [0.1, 0.15) is 11.9 Å². The lowest BCUT2D eigenvalue weighted by Crippen LogP contribution is -2.56. The van der Waals surface area contributed by atoms with Crippen LogP contribution in [0.5, 0.6) is 0 Å². The minimum Gasteiger partial charge on any atom is -0.396 e. The first-order valence-corrected chi connectivity index (χ1v) is 10.2. The number of halogens is 1. The first kappa shape index (κ1) is 17.7. The van der Waals surface area contributed by atoms with E-state index in [0.29, 0.717) is 30.5 Å². The van der Waals surface area contributed by atoms with Crippen LogP contribution in [0.1, 0.15) is 49.3 Å². The lowest BCUT2D eigenvalue weighted by molar-refractivity contribution is -0.135. The maximum Gasteiger partial charge on any atom is 0.225 e. The van der Waals surface area contributed by atoms with Crippen LogP contribution in [0.25, 0.3) is 0 Å². The zero-order chi connectivity index (χ0) is 18.3. The topological polar surface area (TPSA) is 80.5 Å². The van der Waals surface area contributed by atoms with Gasteiger partial charge in [0.15, 0.2) is 0 Å². The van der Waals surface area contributed by atoms with E-state index in [-0.39, 0.29) is 25.0 Å². The fraction of sp³-hybridized carbons (Fsp3) is 0.632. The summed E-state index contributed by atoms with van der Waals surface area (Å²) >= 11 is 3.57. The van der Waals surface area contributed by atoms with E-state index >= 15 is 0 Å². The molecule has 1 atom stereocenters. The summed E-state index contributed by atoms with van der Waals surface area (Å²) in [5.41, 5.74) is 1.65. The quantitative estimate of drug-likeness (QED) is 0.793. The number of pyridine rings is 1. The molecule has 0 radical (unpaired) electrons. The number of rotatable bonds is 5. The Kier molecular flexibility index (Phi) is 4.89. The first-order valence-electron chi connectivity index (χ1n) is 9.38. The number of amides is 1. The third-order valence-corrected chi connectivity index (χ3v) is 6.23. The van der Waals surface area contributed by atoms with Crippen LogP contribution < -0.4 is 4.90 Å². The summed E-state index contributed by atoms with van der Waals surface area (Å²) in [5.74, 6) is 1.83. The van der Waals surface area contributed by atoms with Gasteiger partial charge in [-0.05, 0) is 53.6 Å². The number of carbonyl (C=O) groups excluding carboxylic acids is 1. The molecule has 2 aliphatic carbocycles. The average Bonchev–Trinajstić information content (AvgIpc) is 3.54. The molecule has 2 saturated carbocycles. The molecule has 1 aromatic rings. The molecule has 0 aromatic carbocycles. The Morgan fingerprint density at radius 1 is 1.35 bits per heavy atom. The predicted octanol–water partition coefficient (Wildman–Crippen LogP) is 2.40. The fourth-order valence-corrected chi connectivity index (χ4v) is 4.54. The number of aliphatic hydroxyl groups is 1. The van der Waals surface area contributed by atoms with Crippen molar-refractivity contribution in [2.75, 3.05) is 31.1 Å². The number of hydrogen-bond donors (Lipinski definition) is 1. The van der Waals surface area contributed by atoms with Crippen molar-refractivity contribution in [1.82, 2.24) is 9.88 Å². The number of aliphatic hydroxyl groups excluding tert-OH is 1. The van der Waals surface area contributed by atoms with Crippen molar-refractivity contribution in [1.29, 1.82) is 5.26 Å². The van der Waals surface area contributed by atoms with Gasteiger partial charge in [0.25, 0.3) is 0 Å². The highest BCUT2D eigenvalue weighted by Crippen LogP contribution is 2.44. The molecule has 1 aromatic heterocycles. The zero-order valence-corrected chi connectivity index (χ0v) is 16.3. The molecule has 0 unspecified atom stereocenters. The molecular weight excluding hydrogens is 396 g/mol. The Labute approximate surface area is 161 Å². The second-order valence-corrected chi connectivity index (χ2v) is 8.38. The Balaban J connectivity index is 1.60. The number of aromatic nitrogens is 1. The van der Waals surface area contributed by atoms with Gasteiger partial charge in [-0.15, -0.1) is 0 Å². The lowest BCUT2D eigenvalue weighted by Gasteiger charge is -2.42. The van der Waals surface area contributed by atoms with Crippen LogP contribution in [0.2, 0.25) is 0 Å². The number of piperazine rings is 1. The van der Waals surface area contributed by atoms with Crippen LogP contribution in [0, 0.1) is 17.2 Å². The summed E-state index contributed by atoms with van der Waals surface area (Å²) in [6.07, 6.45) is 4.80. The molecule has 1 saturated heterocycles. The van der Waals surface area contributed by atoms with Gasteiger partial charge in [-0.3, -0.25) is 4.79 Å². The molecular formula is C19H23BrN4O2. The Morgan fingerprint density at radius 2 is 2.12 bits per heavy atom. The van der Waals surface area contributed by atoms with Gasteiger partial charge in [0.2, 0.25) is 5.91 Å². The molecule has 3 aliphatic rings. The molecule has 26 heavy (non-hydrogen) atoms. The number of nitriles is 1. The van der Waals surface area contributed by atoms with Gasteiger partial charge in [-0.25, -0.2) is 4.98 Å². The summed E-state index contributed by atoms with van der Waals surface area (Å²) in [7, 11) is 0. The van der Waals surface area contributed by atoms with Crippen LogP contribution in [-0.4, -0.2) is 53.2 Å². The van der Waals surface area contributed by atoms with E-state index in [1.54, 1.807) is 0 Å². The molecule has 1 aliphatic heterocycles. The Morgan fingerprint density at radius 3 is 2.73 bits per heavy atom. The highest BCUT2D eigenvalue weighted by atomic mass is 79.9. The Bertz CT molecular complexity index is 755. The molecule has 0 spiro atoms. The van der Waals surface area contributed by atoms with Crippen LogP contribution in [0.4, 0.5) is 5.82 Å². The second kappa shape index (κ2) is 7.16. The van der Waals surface area contributed by atoms with Gasteiger partial charge in [0, 0.05) is 36.4 Å². The molecule has 1 amide bonds. The Hall–Kier alpha value is -1.65. The monoisotopic (exact) mass is 418 g/mol. The molecule has 7 heteroatoms. The van der Waals surface area contributed by atoms with Crippen LogP contribution in [-0.2, 0) is 4.79 Å². The number of anilines is 1. The highest BCUT2D eigenvalue weighted by molar-refractivity contribution is 9.10. The molecule has 0 bridgehead atoms. The van der Waals surface area contributed by atoms with E-state index in [0.717, 1.165) is 48.2 Å². The normalized spacial score (nSPS) is 23.0. The van der Waals surface area contributed by atoms with E-state index in [4.69, 9.17) is 10.1 Å². The minimum atomic E-state index is -0.103. The number of hydrogen-bond acceptors (Lipinski definition) is 5. The van der Waals surface area contributed by atoms with Crippen molar-refractivity contribution in [3.8, 4) is 6.07 Å². The van der Waals surface area contributed by atoms with Crippen molar-refractivity contribution in [3.63, 3.8) is 0 Å². The smallest absolute Gasteiger partial charge is 0.225 e. The van der Waals surface area contributed by atoms with Gasteiger partial charge in [-0.1, -0.05) is 0 Å². The average molecular weight is 419 g/mol. The largest absolute Gasteiger partial charge is 0.396 e. The first-order chi connectivity index (χ1) is 12.6. The van der Waals surface area contributed by atoms with Crippen molar-refractivity contribution < 1.29 is 9.90 Å². The molecule has 2 heterocycles. The highest BCUT2D eigenvalue weighted by Gasteiger charge is 2.41. The van der Waals surface area contributed by atoms with Crippen molar-refractivity contribution >= 4 is 27.7 Å². The van der Waals surface area contributed by atoms with Crippen molar-refractivity contribution in [2.24, 2.45) is 5.92 Å². The van der Waals surface area contributed by atoms with Crippen molar-refractivity contribution in [3.05, 3.63) is 21.8 Å². The third kappa shape index (κ3) is 3.45. The van der Waals surface area contributed by atoms with Gasteiger partial charge >= 0.3 is 0 Å². The van der Waals surface area contributed by atoms with E-state index in [1.807, 2.05) is 11.0 Å². The second-order valence-electron chi connectivity index (χ2n) is 7.52.